The second-order valence-electron chi connectivity index (χ2n) is 8.41. The van der Waals surface area contributed by atoms with E-state index >= 15 is 0 Å². The predicted octanol–water partition coefficient (Wildman–Crippen LogP) is 7.58. The Morgan fingerprint density at radius 3 is 2.52 bits per heavy atom. The van der Waals surface area contributed by atoms with E-state index in [2.05, 4.69) is 61.8 Å². The molecule has 0 radical (unpaired) electrons. The predicted molar refractivity (Wildman–Crippen MR) is 117 cm³/mol. The van der Waals surface area contributed by atoms with Crippen LogP contribution in [0.2, 0.25) is 0 Å². The molecule has 1 aromatic heterocycles. The molecule has 0 saturated heterocycles. The number of hydrogen-bond acceptors (Lipinski definition) is 1. The Morgan fingerprint density at radius 1 is 1.07 bits per heavy atom. The van der Waals surface area contributed by atoms with Crippen LogP contribution in [0.3, 0.4) is 0 Å². The van der Waals surface area contributed by atoms with Crippen LogP contribution in [0.4, 0.5) is 0 Å². The summed E-state index contributed by atoms with van der Waals surface area (Å²) >= 11 is 0. The van der Waals surface area contributed by atoms with Crippen molar-refractivity contribution < 1.29 is 0 Å². The molecule has 0 spiro atoms. The normalized spacial score (nSPS) is 22.5. The van der Waals surface area contributed by atoms with Crippen molar-refractivity contribution >= 4 is 0 Å². The Kier molecular flexibility index (Phi) is 7.26. The zero-order chi connectivity index (χ0) is 19.1. The van der Waals surface area contributed by atoms with Gasteiger partial charge in [-0.1, -0.05) is 75.9 Å². The molecule has 27 heavy (non-hydrogen) atoms. The van der Waals surface area contributed by atoms with Crippen LogP contribution in [0.15, 0.2) is 55.3 Å². The average molecular weight is 362 g/mol. The summed E-state index contributed by atoms with van der Waals surface area (Å²) in [6.07, 6.45) is 14.5. The summed E-state index contributed by atoms with van der Waals surface area (Å²) in [5, 5.41) is 0. The molecule has 1 saturated carbocycles. The van der Waals surface area contributed by atoms with Crippen molar-refractivity contribution in [3.63, 3.8) is 0 Å². The molecular formula is C26H35N. The molecule has 0 N–H and O–H groups in total. The second kappa shape index (κ2) is 9.88. The molecule has 1 fully saturated rings. The standard InChI is InChI=1S/C26H35N/c1-4-6-7-9-22-11-16-25(18-20(22)3)23-12-14-24(15-13-23)26-17-10-21(8-5-2)19-27-26/h5,10,12-15,17,19-20,22,25H,2,4,6-9,11,16,18H2,1,3H3/t20-,22+,25-/m0/s1. The second-order valence-corrected chi connectivity index (χ2v) is 8.41. The molecule has 1 aliphatic carbocycles. The summed E-state index contributed by atoms with van der Waals surface area (Å²) < 4.78 is 0. The summed E-state index contributed by atoms with van der Waals surface area (Å²) in [7, 11) is 0. The van der Waals surface area contributed by atoms with Crippen LogP contribution in [0, 0.1) is 11.8 Å². The molecule has 3 atom stereocenters. The highest BCUT2D eigenvalue weighted by molar-refractivity contribution is 5.59. The van der Waals surface area contributed by atoms with Gasteiger partial charge in [0.25, 0.3) is 0 Å². The quantitative estimate of drug-likeness (QED) is 0.349. The van der Waals surface area contributed by atoms with E-state index in [1.165, 1.54) is 61.6 Å². The maximum Gasteiger partial charge on any atom is 0.0702 e. The first-order chi connectivity index (χ1) is 13.2. The maximum atomic E-state index is 4.62. The summed E-state index contributed by atoms with van der Waals surface area (Å²) in [6, 6.07) is 13.5. The van der Waals surface area contributed by atoms with Gasteiger partial charge >= 0.3 is 0 Å². The Morgan fingerprint density at radius 2 is 1.89 bits per heavy atom. The van der Waals surface area contributed by atoms with E-state index in [-0.39, 0.29) is 0 Å². The molecule has 0 amide bonds. The van der Waals surface area contributed by atoms with Gasteiger partial charge in [-0.3, -0.25) is 4.98 Å². The van der Waals surface area contributed by atoms with Crippen LogP contribution in [0.5, 0.6) is 0 Å². The highest BCUT2D eigenvalue weighted by Gasteiger charge is 2.27. The Labute approximate surface area is 165 Å². The van der Waals surface area contributed by atoms with Gasteiger partial charge in [-0.2, -0.15) is 0 Å². The van der Waals surface area contributed by atoms with Crippen molar-refractivity contribution in [2.24, 2.45) is 11.8 Å². The molecule has 1 heteroatoms. The number of aromatic nitrogens is 1. The first-order valence-electron chi connectivity index (χ1n) is 10.9. The SMILES string of the molecule is C=CCc1ccc(-c2ccc([C@H]3CC[C@@H](CCCCC)[C@@H](C)C3)cc2)nc1. The Balaban J connectivity index is 1.60. The lowest BCUT2D eigenvalue weighted by molar-refractivity contribution is 0.215. The summed E-state index contributed by atoms with van der Waals surface area (Å²) in [6.45, 7) is 8.57. The van der Waals surface area contributed by atoms with Crippen molar-refractivity contribution in [1.82, 2.24) is 4.98 Å². The van der Waals surface area contributed by atoms with Crippen molar-refractivity contribution in [1.29, 1.82) is 0 Å². The molecular weight excluding hydrogens is 326 g/mol. The number of pyridine rings is 1. The highest BCUT2D eigenvalue weighted by Crippen LogP contribution is 2.41. The van der Waals surface area contributed by atoms with Crippen molar-refractivity contribution in [2.45, 2.75) is 71.1 Å². The molecule has 144 valence electrons. The number of hydrogen-bond donors (Lipinski definition) is 0. The topological polar surface area (TPSA) is 12.9 Å². The van der Waals surface area contributed by atoms with Crippen molar-refractivity contribution in [2.75, 3.05) is 0 Å². The Hall–Kier alpha value is -1.89. The lowest BCUT2D eigenvalue weighted by Crippen LogP contribution is -2.22. The maximum absolute atomic E-state index is 4.62. The van der Waals surface area contributed by atoms with Gasteiger partial charge in [0.15, 0.2) is 0 Å². The van der Waals surface area contributed by atoms with E-state index in [0.717, 1.165) is 29.9 Å². The third kappa shape index (κ3) is 5.31. The summed E-state index contributed by atoms with van der Waals surface area (Å²) in [4.78, 5) is 4.62. The fraction of sp³-hybridized carbons (Fsp3) is 0.500. The van der Waals surface area contributed by atoms with E-state index in [1.54, 1.807) is 0 Å². The molecule has 0 bridgehead atoms. The van der Waals surface area contributed by atoms with Gasteiger partial charge in [0, 0.05) is 11.8 Å². The highest BCUT2D eigenvalue weighted by atomic mass is 14.7. The van der Waals surface area contributed by atoms with Crippen molar-refractivity contribution in [3.8, 4) is 11.3 Å². The minimum absolute atomic E-state index is 0.736. The minimum atomic E-state index is 0.736. The van der Waals surface area contributed by atoms with E-state index in [9.17, 15) is 0 Å². The molecule has 1 aliphatic rings. The lowest BCUT2D eigenvalue weighted by Gasteiger charge is -2.34. The summed E-state index contributed by atoms with van der Waals surface area (Å²) in [5.41, 5.74) is 5.00. The first-order valence-corrected chi connectivity index (χ1v) is 10.9. The molecule has 3 rings (SSSR count). The molecule has 0 unspecified atom stereocenters. The fourth-order valence-electron chi connectivity index (χ4n) is 4.66. The van der Waals surface area contributed by atoms with E-state index in [0.29, 0.717) is 0 Å². The van der Waals surface area contributed by atoms with Crippen LogP contribution >= 0.6 is 0 Å². The zero-order valence-corrected chi connectivity index (χ0v) is 17.2. The fourth-order valence-corrected chi connectivity index (χ4v) is 4.66. The van der Waals surface area contributed by atoms with Gasteiger partial charge in [0.05, 0.1) is 5.69 Å². The molecule has 2 aromatic rings. The minimum Gasteiger partial charge on any atom is -0.256 e. The molecule has 1 heterocycles. The molecule has 0 aliphatic heterocycles. The Bertz CT molecular complexity index is 698. The van der Waals surface area contributed by atoms with E-state index in [4.69, 9.17) is 0 Å². The van der Waals surface area contributed by atoms with Crippen LogP contribution in [0.1, 0.15) is 75.8 Å². The van der Waals surface area contributed by atoms with Crippen LogP contribution in [-0.4, -0.2) is 4.98 Å². The zero-order valence-electron chi connectivity index (χ0n) is 17.2. The van der Waals surface area contributed by atoms with Gasteiger partial charge in [-0.05, 0) is 60.6 Å². The van der Waals surface area contributed by atoms with Gasteiger partial charge in [0.2, 0.25) is 0 Å². The lowest BCUT2D eigenvalue weighted by atomic mass is 9.71. The average Bonchev–Trinajstić information content (AvgIpc) is 2.70. The van der Waals surface area contributed by atoms with E-state index < -0.39 is 0 Å². The smallest absolute Gasteiger partial charge is 0.0702 e. The number of unbranched alkanes of at least 4 members (excludes halogenated alkanes) is 2. The van der Waals surface area contributed by atoms with Crippen LogP contribution < -0.4 is 0 Å². The van der Waals surface area contributed by atoms with Gasteiger partial charge in [-0.15, -0.1) is 6.58 Å². The number of allylic oxidation sites excluding steroid dienone is 1. The first kappa shape index (κ1) is 19.9. The largest absolute Gasteiger partial charge is 0.256 e. The van der Waals surface area contributed by atoms with Gasteiger partial charge < -0.3 is 0 Å². The third-order valence-corrected chi connectivity index (χ3v) is 6.41. The molecule has 1 nitrogen and oxygen atoms in total. The number of nitrogens with zero attached hydrogens (tertiary/aromatic N) is 1. The van der Waals surface area contributed by atoms with Gasteiger partial charge in [-0.25, -0.2) is 0 Å². The molecule has 1 aromatic carbocycles. The van der Waals surface area contributed by atoms with Crippen LogP contribution in [-0.2, 0) is 6.42 Å². The van der Waals surface area contributed by atoms with Crippen molar-refractivity contribution in [3.05, 3.63) is 66.4 Å². The monoisotopic (exact) mass is 361 g/mol. The van der Waals surface area contributed by atoms with Crippen LogP contribution in [0.25, 0.3) is 11.3 Å². The summed E-state index contributed by atoms with van der Waals surface area (Å²) in [5.74, 6) is 2.55. The number of rotatable bonds is 8. The van der Waals surface area contributed by atoms with Gasteiger partial charge in [0.1, 0.15) is 0 Å². The van der Waals surface area contributed by atoms with E-state index in [1.807, 2.05) is 12.3 Å². The third-order valence-electron chi connectivity index (χ3n) is 6.41. The number of benzene rings is 1.